The fourth-order valence-electron chi connectivity index (χ4n) is 5.21. The quantitative estimate of drug-likeness (QED) is 0.237. The maximum absolute atomic E-state index is 14.0. The third-order valence-electron chi connectivity index (χ3n) is 7.14. The average molecular weight is 561 g/mol. The lowest BCUT2D eigenvalue weighted by atomic mass is 10.0. The fraction of sp³-hybridized carbons (Fsp3) is 0.129. The third kappa shape index (κ3) is 4.68. The Morgan fingerprint density at radius 1 is 1.00 bits per heavy atom. The van der Waals surface area contributed by atoms with Crippen molar-refractivity contribution in [3.63, 3.8) is 0 Å². The van der Waals surface area contributed by atoms with Gasteiger partial charge >= 0.3 is 0 Å². The molecular formula is C31H28N8OS. The Bertz CT molecular complexity index is 2040. The molecule has 0 saturated carbocycles. The number of fused-ring (bicyclic) bond motifs is 2. The smallest absolute Gasteiger partial charge is 0.263 e. The molecule has 0 fully saturated rings. The van der Waals surface area contributed by atoms with Crippen LogP contribution in [-0.2, 0) is 6.54 Å². The van der Waals surface area contributed by atoms with E-state index in [0.29, 0.717) is 34.2 Å². The molecule has 0 aliphatic heterocycles. The molecule has 9 nitrogen and oxygen atoms in total. The van der Waals surface area contributed by atoms with Crippen LogP contribution in [0.3, 0.4) is 0 Å². The molecule has 41 heavy (non-hydrogen) atoms. The van der Waals surface area contributed by atoms with Crippen LogP contribution < -0.4 is 22.3 Å². The number of anilines is 3. The monoisotopic (exact) mass is 560 g/mol. The molecule has 5 N–H and O–H groups in total. The first-order valence-corrected chi connectivity index (χ1v) is 13.9. The lowest BCUT2D eigenvalue weighted by Crippen LogP contribution is -2.25. The van der Waals surface area contributed by atoms with E-state index in [4.69, 9.17) is 11.5 Å². The lowest BCUT2D eigenvalue weighted by molar-refractivity contribution is 0.883. The summed E-state index contributed by atoms with van der Waals surface area (Å²) >= 11 is 1.41. The minimum absolute atomic E-state index is 0.0675. The molecule has 6 aromatic rings. The van der Waals surface area contributed by atoms with Gasteiger partial charge in [-0.15, -0.1) is 0 Å². The first kappa shape index (κ1) is 26.1. The van der Waals surface area contributed by atoms with Gasteiger partial charge < -0.3 is 16.8 Å². The molecule has 6 rings (SSSR count). The highest BCUT2D eigenvalue weighted by Crippen LogP contribution is 2.29. The zero-order valence-corrected chi connectivity index (χ0v) is 23.7. The first-order valence-electron chi connectivity index (χ1n) is 13.0. The van der Waals surface area contributed by atoms with Crippen molar-refractivity contribution in [3.05, 3.63) is 111 Å². The van der Waals surface area contributed by atoms with Gasteiger partial charge in [0.25, 0.3) is 5.56 Å². The van der Waals surface area contributed by atoms with Gasteiger partial charge in [-0.3, -0.25) is 14.4 Å². The van der Waals surface area contributed by atoms with Crippen LogP contribution in [0.15, 0.2) is 82.8 Å². The summed E-state index contributed by atoms with van der Waals surface area (Å²) in [6, 6.07) is 21.6. The van der Waals surface area contributed by atoms with Crippen LogP contribution in [0.4, 0.5) is 16.8 Å². The number of hydrogen-bond acceptors (Lipinski definition) is 9. The van der Waals surface area contributed by atoms with Crippen LogP contribution in [0.25, 0.3) is 26.7 Å². The van der Waals surface area contributed by atoms with Crippen molar-refractivity contribution in [1.82, 2.24) is 19.5 Å². The molecule has 0 amide bonds. The number of aromatic nitrogens is 4. The van der Waals surface area contributed by atoms with Crippen molar-refractivity contribution in [3.8, 4) is 5.69 Å². The molecule has 0 aliphatic rings. The zero-order valence-electron chi connectivity index (χ0n) is 22.8. The van der Waals surface area contributed by atoms with E-state index in [-0.39, 0.29) is 11.4 Å². The van der Waals surface area contributed by atoms with E-state index in [2.05, 4.69) is 25.3 Å². The van der Waals surface area contributed by atoms with Crippen LogP contribution in [0.5, 0.6) is 0 Å². The Morgan fingerprint density at radius 3 is 2.61 bits per heavy atom. The van der Waals surface area contributed by atoms with E-state index in [1.54, 1.807) is 11.6 Å². The molecular weight excluding hydrogens is 532 g/mol. The third-order valence-corrected chi connectivity index (χ3v) is 7.99. The highest BCUT2D eigenvalue weighted by Gasteiger charge is 2.20. The lowest BCUT2D eigenvalue weighted by Gasteiger charge is -2.19. The van der Waals surface area contributed by atoms with Gasteiger partial charge in [0.1, 0.15) is 18.0 Å². The van der Waals surface area contributed by atoms with Crippen LogP contribution in [0.2, 0.25) is 0 Å². The maximum atomic E-state index is 14.0. The topological polar surface area (TPSA) is 137 Å². The van der Waals surface area contributed by atoms with Gasteiger partial charge in [0.05, 0.1) is 39.1 Å². The van der Waals surface area contributed by atoms with Crippen LogP contribution >= 0.6 is 11.3 Å². The number of nitrogens with zero attached hydrogens (tertiary/aromatic N) is 5. The Labute approximate surface area is 240 Å². The zero-order chi connectivity index (χ0) is 28.7. The number of thiazole rings is 1. The van der Waals surface area contributed by atoms with E-state index < -0.39 is 0 Å². The Kier molecular flexibility index (Phi) is 6.68. The number of nitrogens with one attached hydrogen (secondary N) is 1. The second-order valence-corrected chi connectivity index (χ2v) is 10.8. The molecule has 0 radical (unpaired) electrons. The number of para-hydroxylation sites is 1. The Balaban J connectivity index is 1.45. The molecule has 0 aliphatic carbocycles. The number of pyridine rings is 1. The summed E-state index contributed by atoms with van der Waals surface area (Å²) in [6.45, 7) is 4.27. The summed E-state index contributed by atoms with van der Waals surface area (Å²) < 4.78 is 2.72. The van der Waals surface area contributed by atoms with Crippen LogP contribution in [0.1, 0.15) is 27.9 Å². The van der Waals surface area contributed by atoms with Gasteiger partial charge in [0.15, 0.2) is 5.13 Å². The molecule has 0 spiro atoms. The van der Waals surface area contributed by atoms with Gasteiger partial charge in [-0.2, -0.15) is 0 Å². The van der Waals surface area contributed by atoms with Crippen LogP contribution in [0, 0.1) is 13.8 Å². The van der Waals surface area contributed by atoms with Gasteiger partial charge in [0.2, 0.25) is 0 Å². The molecule has 0 saturated heterocycles. The molecule has 0 bridgehead atoms. The second kappa shape index (κ2) is 10.5. The normalized spacial score (nSPS) is 11.8. The number of aryl methyl sites for hydroxylation is 2. The molecule has 3 aromatic carbocycles. The molecule has 0 atom stereocenters. The second-order valence-electron chi connectivity index (χ2n) is 9.74. The van der Waals surface area contributed by atoms with E-state index >= 15 is 0 Å². The summed E-state index contributed by atoms with van der Waals surface area (Å²) in [5.41, 5.74) is 18.7. The summed E-state index contributed by atoms with van der Waals surface area (Å²) in [7, 11) is 1.71. The minimum atomic E-state index is -0.0675. The number of rotatable bonds is 6. The number of nitrogen functional groups attached to an aromatic ring is 2. The van der Waals surface area contributed by atoms with Crippen molar-refractivity contribution in [2.75, 3.05) is 23.8 Å². The van der Waals surface area contributed by atoms with Gasteiger partial charge in [-0.25, -0.2) is 15.0 Å². The van der Waals surface area contributed by atoms with Crippen molar-refractivity contribution < 1.29 is 0 Å². The van der Waals surface area contributed by atoms with Gasteiger partial charge in [0, 0.05) is 18.3 Å². The largest absolute Gasteiger partial charge is 0.383 e. The first-order chi connectivity index (χ1) is 19.9. The highest BCUT2D eigenvalue weighted by atomic mass is 32.1. The average Bonchev–Trinajstić information content (AvgIpc) is 3.33. The van der Waals surface area contributed by atoms with E-state index in [1.165, 1.54) is 17.7 Å². The summed E-state index contributed by atoms with van der Waals surface area (Å²) in [6.07, 6.45) is 1.42. The number of benzene rings is 3. The molecule has 3 aromatic heterocycles. The molecule has 10 heteroatoms. The van der Waals surface area contributed by atoms with Crippen molar-refractivity contribution >= 4 is 54.8 Å². The highest BCUT2D eigenvalue weighted by molar-refractivity contribution is 7.22. The van der Waals surface area contributed by atoms with Crippen LogP contribution in [-0.4, -0.2) is 32.3 Å². The predicted octanol–water partition coefficient (Wildman–Crippen LogP) is 5.25. The Morgan fingerprint density at radius 2 is 1.80 bits per heavy atom. The van der Waals surface area contributed by atoms with Crippen molar-refractivity contribution in [1.29, 1.82) is 0 Å². The SMILES string of the molecule is CN=C(c1ccc2nc(N)sc2c1)c1c(N)ncnc1NCc1cc2cccc(C)c2c(=O)n1-c1ccccc1C. The molecule has 204 valence electrons. The van der Waals surface area contributed by atoms with Crippen molar-refractivity contribution in [2.45, 2.75) is 20.4 Å². The summed E-state index contributed by atoms with van der Waals surface area (Å²) in [5, 5.41) is 5.51. The summed E-state index contributed by atoms with van der Waals surface area (Å²) in [5.74, 6) is 0.799. The number of aliphatic imine (C=N–C) groups is 1. The fourth-order valence-corrected chi connectivity index (χ4v) is 5.99. The molecule has 3 heterocycles. The predicted molar refractivity (Wildman–Crippen MR) is 168 cm³/mol. The summed E-state index contributed by atoms with van der Waals surface area (Å²) in [4.78, 5) is 31.7. The van der Waals surface area contributed by atoms with Gasteiger partial charge in [-0.1, -0.05) is 53.8 Å². The van der Waals surface area contributed by atoms with E-state index in [0.717, 1.165) is 43.7 Å². The Hall–Kier alpha value is -5.09. The number of nitrogens with two attached hydrogens (primary N) is 2. The van der Waals surface area contributed by atoms with Gasteiger partial charge in [-0.05, 0) is 54.6 Å². The minimum Gasteiger partial charge on any atom is -0.383 e. The molecule has 0 unspecified atom stereocenters. The van der Waals surface area contributed by atoms with E-state index in [1.807, 2.05) is 80.6 Å². The van der Waals surface area contributed by atoms with E-state index in [9.17, 15) is 4.79 Å². The number of hydrogen-bond donors (Lipinski definition) is 3. The van der Waals surface area contributed by atoms with Crippen molar-refractivity contribution in [2.24, 2.45) is 4.99 Å². The standard InChI is InChI=1S/C31H28N8OS/c1-17-7-4-5-10-23(17)39-21(13-19-9-6-8-18(2)25(19)30(39)40)15-35-29-26(28(32)36-16-37-29)27(34-3)20-11-12-22-24(14-20)41-31(33)38-22/h4-14,16H,15H2,1-3H3,(H2,33,38)(H3,32,35,36,37). The maximum Gasteiger partial charge on any atom is 0.263 e.